The van der Waals surface area contributed by atoms with Crippen molar-refractivity contribution in [3.05, 3.63) is 17.0 Å². The molecule has 102 valence electrons. The van der Waals surface area contributed by atoms with Crippen molar-refractivity contribution in [2.24, 2.45) is 11.1 Å². The van der Waals surface area contributed by atoms with Crippen molar-refractivity contribution >= 4 is 5.91 Å². The second-order valence-electron chi connectivity index (χ2n) is 5.81. The van der Waals surface area contributed by atoms with E-state index >= 15 is 0 Å². The SMILES string of the molecule is Cc1noc(C)c1C(C)NC(=O)[C@@H](N)C(C)(C)C. The van der Waals surface area contributed by atoms with Gasteiger partial charge in [-0.25, -0.2) is 0 Å². The van der Waals surface area contributed by atoms with Gasteiger partial charge in [0.15, 0.2) is 0 Å². The van der Waals surface area contributed by atoms with Gasteiger partial charge in [-0.2, -0.15) is 0 Å². The number of nitrogens with one attached hydrogen (secondary N) is 1. The first-order valence-electron chi connectivity index (χ1n) is 6.13. The van der Waals surface area contributed by atoms with Gasteiger partial charge in [-0.3, -0.25) is 4.79 Å². The van der Waals surface area contributed by atoms with Crippen LogP contribution in [-0.4, -0.2) is 17.1 Å². The molecule has 1 unspecified atom stereocenters. The first-order valence-corrected chi connectivity index (χ1v) is 6.13. The standard InChI is InChI=1S/C13H23N3O2/c1-7(10-8(2)16-18-9(10)3)15-12(17)11(14)13(4,5)6/h7,11H,14H2,1-6H3,(H,15,17)/t7?,11-/m1/s1. The molecule has 1 heterocycles. The average Bonchev–Trinajstić information content (AvgIpc) is 2.55. The Morgan fingerprint density at radius 3 is 2.33 bits per heavy atom. The van der Waals surface area contributed by atoms with Crippen LogP contribution < -0.4 is 11.1 Å². The number of carbonyl (C=O) groups is 1. The van der Waals surface area contributed by atoms with Crippen LogP contribution in [0.1, 0.15) is 50.8 Å². The number of aryl methyl sites for hydroxylation is 2. The Kier molecular flexibility index (Phi) is 4.16. The zero-order chi connectivity index (χ0) is 14.1. The third kappa shape index (κ3) is 3.10. The summed E-state index contributed by atoms with van der Waals surface area (Å²) in [4.78, 5) is 12.0. The van der Waals surface area contributed by atoms with Crippen molar-refractivity contribution in [1.82, 2.24) is 10.5 Å². The lowest BCUT2D eigenvalue weighted by Crippen LogP contribution is -2.49. The summed E-state index contributed by atoms with van der Waals surface area (Å²) in [6, 6.07) is -0.697. The van der Waals surface area contributed by atoms with Crippen LogP contribution in [-0.2, 0) is 4.79 Å². The lowest BCUT2D eigenvalue weighted by molar-refractivity contribution is -0.125. The zero-order valence-corrected chi connectivity index (χ0v) is 12.0. The van der Waals surface area contributed by atoms with Crippen LogP contribution in [0.5, 0.6) is 0 Å². The van der Waals surface area contributed by atoms with E-state index in [1.807, 2.05) is 41.5 Å². The van der Waals surface area contributed by atoms with E-state index in [2.05, 4.69) is 10.5 Å². The Morgan fingerprint density at radius 1 is 1.39 bits per heavy atom. The van der Waals surface area contributed by atoms with Crippen LogP contribution in [0.2, 0.25) is 0 Å². The lowest BCUT2D eigenvalue weighted by atomic mass is 9.86. The van der Waals surface area contributed by atoms with Crippen LogP contribution in [0, 0.1) is 19.3 Å². The van der Waals surface area contributed by atoms with E-state index in [4.69, 9.17) is 10.3 Å². The number of hydrogen-bond acceptors (Lipinski definition) is 4. The summed E-state index contributed by atoms with van der Waals surface area (Å²) in [5.74, 6) is 0.569. The van der Waals surface area contributed by atoms with Gasteiger partial charge in [0.1, 0.15) is 5.76 Å². The molecule has 5 nitrogen and oxygen atoms in total. The minimum Gasteiger partial charge on any atom is -0.361 e. The molecule has 2 atom stereocenters. The number of amides is 1. The summed E-state index contributed by atoms with van der Waals surface area (Å²) in [6.45, 7) is 11.4. The molecular formula is C13H23N3O2. The highest BCUT2D eigenvalue weighted by Gasteiger charge is 2.29. The summed E-state index contributed by atoms with van der Waals surface area (Å²) in [7, 11) is 0. The van der Waals surface area contributed by atoms with E-state index in [1.165, 1.54) is 0 Å². The normalized spacial score (nSPS) is 15.3. The Labute approximate surface area is 108 Å². The van der Waals surface area contributed by atoms with Gasteiger partial charge < -0.3 is 15.6 Å². The Hall–Kier alpha value is -1.36. The largest absolute Gasteiger partial charge is 0.361 e. The van der Waals surface area contributed by atoms with Crippen LogP contribution in [0.25, 0.3) is 0 Å². The maximum Gasteiger partial charge on any atom is 0.237 e. The third-order valence-corrected chi connectivity index (χ3v) is 3.10. The molecule has 18 heavy (non-hydrogen) atoms. The van der Waals surface area contributed by atoms with E-state index in [9.17, 15) is 4.79 Å². The highest BCUT2D eigenvalue weighted by molar-refractivity contribution is 5.82. The van der Waals surface area contributed by atoms with Crippen LogP contribution in [0.3, 0.4) is 0 Å². The van der Waals surface area contributed by atoms with Crippen molar-refractivity contribution in [3.8, 4) is 0 Å². The zero-order valence-electron chi connectivity index (χ0n) is 12.0. The van der Waals surface area contributed by atoms with E-state index < -0.39 is 6.04 Å². The van der Waals surface area contributed by atoms with E-state index in [1.54, 1.807) is 0 Å². The van der Waals surface area contributed by atoms with Gasteiger partial charge in [-0.1, -0.05) is 25.9 Å². The summed E-state index contributed by atoms with van der Waals surface area (Å²) in [6.07, 6.45) is 0. The molecule has 1 rings (SSSR count). The number of hydrogen-bond donors (Lipinski definition) is 2. The van der Waals surface area contributed by atoms with Gasteiger partial charge in [-0.15, -0.1) is 0 Å². The van der Waals surface area contributed by atoms with E-state index in [0.29, 0.717) is 0 Å². The smallest absolute Gasteiger partial charge is 0.237 e. The fourth-order valence-corrected chi connectivity index (χ4v) is 1.88. The summed E-state index contributed by atoms with van der Waals surface area (Å²) >= 11 is 0. The number of carbonyl (C=O) groups excluding carboxylic acids is 1. The van der Waals surface area contributed by atoms with Crippen molar-refractivity contribution in [1.29, 1.82) is 0 Å². The molecule has 0 radical (unpaired) electrons. The van der Waals surface area contributed by atoms with Gasteiger partial charge in [0.05, 0.1) is 17.8 Å². The molecule has 3 N–H and O–H groups in total. The fraction of sp³-hybridized carbons (Fsp3) is 0.692. The summed E-state index contributed by atoms with van der Waals surface area (Å²) < 4.78 is 5.09. The van der Waals surface area contributed by atoms with Gasteiger partial charge in [-0.05, 0) is 26.2 Å². The maximum absolute atomic E-state index is 12.0. The molecule has 1 aromatic heterocycles. The molecule has 5 heteroatoms. The molecule has 0 saturated carbocycles. The maximum atomic E-state index is 12.0. The Bertz CT molecular complexity index is 412. The Balaban J connectivity index is 2.78. The fourth-order valence-electron chi connectivity index (χ4n) is 1.88. The average molecular weight is 253 g/mol. The van der Waals surface area contributed by atoms with Crippen molar-refractivity contribution in [2.75, 3.05) is 0 Å². The lowest BCUT2D eigenvalue weighted by Gasteiger charge is -2.27. The molecule has 0 aliphatic carbocycles. The first-order chi connectivity index (χ1) is 8.14. The Morgan fingerprint density at radius 2 is 1.94 bits per heavy atom. The highest BCUT2D eigenvalue weighted by atomic mass is 16.5. The topological polar surface area (TPSA) is 81.2 Å². The van der Waals surface area contributed by atoms with Crippen LogP contribution in [0.4, 0.5) is 0 Å². The molecule has 0 fully saturated rings. The van der Waals surface area contributed by atoms with Crippen molar-refractivity contribution in [3.63, 3.8) is 0 Å². The molecule has 0 aromatic carbocycles. The van der Waals surface area contributed by atoms with Gasteiger partial charge >= 0.3 is 0 Å². The molecule has 1 aromatic rings. The molecule has 0 aliphatic heterocycles. The van der Waals surface area contributed by atoms with Gasteiger partial charge in [0, 0.05) is 5.56 Å². The number of aromatic nitrogens is 1. The van der Waals surface area contributed by atoms with Crippen molar-refractivity contribution in [2.45, 2.75) is 53.6 Å². The monoisotopic (exact) mass is 253 g/mol. The predicted octanol–water partition coefficient (Wildman–Crippen LogP) is 1.84. The minimum absolute atomic E-state index is 0.155. The summed E-state index contributed by atoms with van der Waals surface area (Å²) in [5, 5.41) is 6.79. The molecule has 1 amide bonds. The van der Waals surface area contributed by atoms with E-state index in [0.717, 1.165) is 17.0 Å². The molecular weight excluding hydrogens is 230 g/mol. The summed E-state index contributed by atoms with van der Waals surface area (Å²) in [5.41, 5.74) is 7.38. The quantitative estimate of drug-likeness (QED) is 0.861. The third-order valence-electron chi connectivity index (χ3n) is 3.10. The van der Waals surface area contributed by atoms with Crippen LogP contribution in [0.15, 0.2) is 4.52 Å². The second kappa shape index (κ2) is 5.10. The van der Waals surface area contributed by atoms with Crippen LogP contribution >= 0.6 is 0 Å². The first kappa shape index (κ1) is 14.7. The molecule has 0 bridgehead atoms. The number of nitrogens with zero attached hydrogens (tertiary/aromatic N) is 1. The van der Waals surface area contributed by atoms with Crippen molar-refractivity contribution < 1.29 is 9.32 Å². The number of nitrogens with two attached hydrogens (primary N) is 1. The molecule has 0 aliphatic rings. The molecule has 0 spiro atoms. The predicted molar refractivity (Wildman–Crippen MR) is 70.0 cm³/mol. The van der Waals surface area contributed by atoms with E-state index in [-0.39, 0.29) is 17.4 Å². The highest BCUT2D eigenvalue weighted by Crippen LogP contribution is 2.22. The second-order valence-corrected chi connectivity index (χ2v) is 5.81. The molecule has 0 saturated heterocycles. The van der Waals surface area contributed by atoms with Gasteiger partial charge in [0.2, 0.25) is 5.91 Å². The minimum atomic E-state index is -0.541. The van der Waals surface area contributed by atoms with Gasteiger partial charge in [0.25, 0.3) is 0 Å². The number of rotatable bonds is 3.